The number of sulfonamides is 1. The number of anilines is 1. The Bertz CT molecular complexity index is 1670. The normalized spacial score (nSPS) is 11.2. The van der Waals surface area contributed by atoms with E-state index in [1.165, 1.54) is 0 Å². The van der Waals surface area contributed by atoms with E-state index in [0.717, 1.165) is 22.4 Å². The van der Waals surface area contributed by atoms with Crippen LogP contribution in [0.15, 0.2) is 83.9 Å². The lowest BCUT2D eigenvalue weighted by atomic mass is 10.0. The second-order valence-electron chi connectivity index (χ2n) is 10.7. The van der Waals surface area contributed by atoms with Gasteiger partial charge >= 0.3 is 0 Å². The molecule has 3 N–H and O–H groups in total. The largest absolute Gasteiger partial charge is 0.487 e. The summed E-state index contributed by atoms with van der Waals surface area (Å²) in [5.41, 5.74) is 5.09. The number of aryl methyl sites for hydroxylation is 1. The molecule has 0 fully saturated rings. The SMILES string of the molecule is CC.Cc1ncc(CNc2ccc(-c3ccccc3S(=O)(=O)NC(C)(C)C)cc2)c(CO)c1OCc1cccc(C#N)c1. The first-order valence-corrected chi connectivity index (χ1v) is 15.7. The lowest BCUT2D eigenvalue weighted by Gasteiger charge is -2.21. The van der Waals surface area contributed by atoms with Crippen LogP contribution in [0.5, 0.6) is 5.75 Å². The number of aliphatic hydroxyl groups is 1. The van der Waals surface area contributed by atoms with Crippen molar-refractivity contribution < 1.29 is 18.3 Å². The third kappa shape index (κ3) is 8.88. The van der Waals surface area contributed by atoms with Crippen molar-refractivity contribution in [2.75, 3.05) is 5.32 Å². The molecule has 0 aliphatic heterocycles. The van der Waals surface area contributed by atoms with Crippen molar-refractivity contribution in [1.82, 2.24) is 9.71 Å². The van der Waals surface area contributed by atoms with Crippen molar-refractivity contribution in [3.05, 3.63) is 107 Å². The Hall–Kier alpha value is -4.23. The van der Waals surface area contributed by atoms with Gasteiger partial charge in [0, 0.05) is 35.1 Å². The van der Waals surface area contributed by atoms with E-state index in [4.69, 9.17) is 10.00 Å². The van der Waals surface area contributed by atoms with E-state index in [9.17, 15) is 13.5 Å². The van der Waals surface area contributed by atoms with Crippen molar-refractivity contribution in [1.29, 1.82) is 5.26 Å². The van der Waals surface area contributed by atoms with E-state index in [0.29, 0.717) is 34.7 Å². The summed E-state index contributed by atoms with van der Waals surface area (Å²) in [6.07, 6.45) is 1.72. The van der Waals surface area contributed by atoms with Gasteiger partial charge < -0.3 is 15.2 Å². The van der Waals surface area contributed by atoms with Crippen molar-refractivity contribution in [3.8, 4) is 22.9 Å². The van der Waals surface area contributed by atoms with Gasteiger partial charge in [-0.3, -0.25) is 4.98 Å². The number of nitriles is 1. The molecule has 9 heteroatoms. The molecule has 0 radical (unpaired) electrons. The van der Waals surface area contributed by atoms with Crippen LogP contribution in [0.4, 0.5) is 5.69 Å². The third-order valence-corrected chi connectivity index (χ3v) is 8.11. The van der Waals surface area contributed by atoms with E-state index >= 15 is 0 Å². The Morgan fingerprint density at radius 2 is 1.70 bits per heavy atom. The quantitative estimate of drug-likeness (QED) is 0.185. The minimum absolute atomic E-state index is 0.221. The highest BCUT2D eigenvalue weighted by Gasteiger charge is 2.24. The average Bonchev–Trinajstić information content (AvgIpc) is 3.00. The van der Waals surface area contributed by atoms with E-state index < -0.39 is 15.6 Å². The number of nitrogens with zero attached hydrogens (tertiary/aromatic N) is 2. The first kappa shape index (κ1) is 33.3. The zero-order chi connectivity index (χ0) is 31.6. The van der Waals surface area contributed by atoms with Crippen LogP contribution in [0.1, 0.15) is 62.6 Å². The molecule has 4 aromatic rings. The van der Waals surface area contributed by atoms with Gasteiger partial charge in [0.2, 0.25) is 10.0 Å². The number of benzene rings is 3. The van der Waals surface area contributed by atoms with E-state index in [-0.39, 0.29) is 18.1 Å². The topological polar surface area (TPSA) is 124 Å². The fourth-order valence-corrected chi connectivity index (χ4v) is 6.09. The number of aliphatic hydroxyl groups excluding tert-OH is 1. The summed E-state index contributed by atoms with van der Waals surface area (Å²) in [4.78, 5) is 4.69. The second-order valence-corrected chi connectivity index (χ2v) is 12.4. The molecule has 0 unspecified atom stereocenters. The molecule has 0 amide bonds. The van der Waals surface area contributed by atoms with Gasteiger partial charge in [0.15, 0.2) is 0 Å². The van der Waals surface area contributed by atoms with Crippen LogP contribution in [0.3, 0.4) is 0 Å². The molecule has 3 aromatic carbocycles. The summed E-state index contributed by atoms with van der Waals surface area (Å²) in [7, 11) is -3.72. The van der Waals surface area contributed by atoms with Crippen molar-refractivity contribution in [2.45, 2.75) is 71.7 Å². The van der Waals surface area contributed by atoms with Crippen molar-refractivity contribution in [3.63, 3.8) is 0 Å². The maximum absolute atomic E-state index is 13.1. The van der Waals surface area contributed by atoms with Crippen LogP contribution in [0.2, 0.25) is 0 Å². The summed E-state index contributed by atoms with van der Waals surface area (Å²) < 4.78 is 34.9. The van der Waals surface area contributed by atoms with Gasteiger partial charge in [-0.05, 0) is 74.7 Å². The second kappa shape index (κ2) is 14.8. The van der Waals surface area contributed by atoms with E-state index in [2.05, 4.69) is 21.1 Å². The molecule has 0 saturated heterocycles. The Morgan fingerprint density at radius 3 is 2.35 bits per heavy atom. The summed E-state index contributed by atoms with van der Waals surface area (Å²) in [6.45, 7) is 11.7. The number of hydrogen-bond acceptors (Lipinski definition) is 7. The molecular formula is C34H40N4O4S. The molecule has 0 bridgehead atoms. The first-order chi connectivity index (χ1) is 20.5. The van der Waals surface area contributed by atoms with Crippen LogP contribution in [0, 0.1) is 18.3 Å². The number of hydrogen-bond donors (Lipinski definition) is 3. The number of ether oxygens (including phenoxy) is 1. The average molecular weight is 601 g/mol. The van der Waals surface area contributed by atoms with Crippen molar-refractivity contribution in [2.24, 2.45) is 0 Å². The zero-order valence-electron chi connectivity index (χ0n) is 25.6. The minimum Gasteiger partial charge on any atom is -0.487 e. The number of pyridine rings is 1. The maximum Gasteiger partial charge on any atom is 0.241 e. The van der Waals surface area contributed by atoms with Crippen molar-refractivity contribution >= 4 is 15.7 Å². The Balaban J connectivity index is 0.00000248. The van der Waals surface area contributed by atoms with Gasteiger partial charge in [-0.15, -0.1) is 0 Å². The molecule has 0 aliphatic rings. The van der Waals surface area contributed by atoms with Crippen LogP contribution in [0.25, 0.3) is 11.1 Å². The molecule has 0 atom stereocenters. The summed E-state index contributed by atoms with van der Waals surface area (Å²) in [5.74, 6) is 0.520. The minimum atomic E-state index is -3.72. The van der Waals surface area contributed by atoms with Gasteiger partial charge in [0.1, 0.15) is 12.4 Å². The van der Waals surface area contributed by atoms with Crippen LogP contribution < -0.4 is 14.8 Å². The molecule has 8 nitrogen and oxygen atoms in total. The molecular weight excluding hydrogens is 560 g/mol. The molecule has 0 saturated carbocycles. The maximum atomic E-state index is 13.1. The zero-order valence-corrected chi connectivity index (χ0v) is 26.4. The Labute approximate surface area is 255 Å². The standard InChI is InChI=1S/C32H34N4O4S.C2H6/c1-22-31(40-21-24-9-7-8-23(16-24)17-33)29(20-37)26(18-34-22)19-35-27-14-12-25(13-15-27)28-10-5-6-11-30(28)41(38,39)36-32(2,3)4;1-2/h5-16,18,35-37H,19-21H2,1-4H3;1-2H3. The Kier molecular flexibility index (Phi) is 11.4. The third-order valence-electron chi connectivity index (χ3n) is 6.30. The molecule has 4 rings (SSSR count). The summed E-state index contributed by atoms with van der Waals surface area (Å²) in [6, 6.07) is 23.8. The lowest BCUT2D eigenvalue weighted by Crippen LogP contribution is -2.40. The Morgan fingerprint density at radius 1 is 1.00 bits per heavy atom. The lowest BCUT2D eigenvalue weighted by molar-refractivity contribution is 0.256. The predicted octanol–water partition coefficient (Wildman–Crippen LogP) is 6.72. The highest BCUT2D eigenvalue weighted by atomic mass is 32.2. The molecule has 226 valence electrons. The summed E-state index contributed by atoms with van der Waals surface area (Å²) in [5, 5.41) is 22.7. The van der Waals surface area contributed by atoms with Gasteiger partial charge in [-0.25, -0.2) is 13.1 Å². The fraction of sp³-hybridized carbons (Fsp3) is 0.294. The highest BCUT2D eigenvalue weighted by molar-refractivity contribution is 7.89. The van der Waals surface area contributed by atoms with Crippen LogP contribution in [-0.4, -0.2) is 24.0 Å². The molecule has 1 heterocycles. The van der Waals surface area contributed by atoms with Crippen LogP contribution in [-0.2, 0) is 29.8 Å². The number of rotatable bonds is 10. The van der Waals surface area contributed by atoms with E-state index in [1.54, 1.807) is 42.6 Å². The molecule has 0 aliphatic carbocycles. The van der Waals surface area contributed by atoms with E-state index in [1.807, 2.05) is 77.9 Å². The van der Waals surface area contributed by atoms with Crippen LogP contribution >= 0.6 is 0 Å². The first-order valence-electron chi connectivity index (χ1n) is 14.2. The number of nitrogens with one attached hydrogen (secondary N) is 2. The van der Waals surface area contributed by atoms with Gasteiger partial charge in [0.25, 0.3) is 0 Å². The van der Waals surface area contributed by atoms with Gasteiger partial charge in [-0.1, -0.05) is 56.3 Å². The monoisotopic (exact) mass is 600 g/mol. The molecule has 43 heavy (non-hydrogen) atoms. The number of aromatic nitrogens is 1. The predicted molar refractivity (Wildman–Crippen MR) is 171 cm³/mol. The summed E-state index contributed by atoms with van der Waals surface area (Å²) >= 11 is 0. The highest BCUT2D eigenvalue weighted by Crippen LogP contribution is 2.30. The van der Waals surface area contributed by atoms with Gasteiger partial charge in [-0.2, -0.15) is 5.26 Å². The molecule has 1 aromatic heterocycles. The smallest absolute Gasteiger partial charge is 0.241 e. The van der Waals surface area contributed by atoms with Gasteiger partial charge in [0.05, 0.1) is 28.8 Å². The fourth-order valence-electron chi connectivity index (χ4n) is 4.44. The molecule has 0 spiro atoms.